The van der Waals surface area contributed by atoms with Gasteiger partial charge in [-0.1, -0.05) is 12.1 Å². The number of aryl methyl sites for hydroxylation is 2. The molecule has 0 aliphatic rings. The topological polar surface area (TPSA) is 67.2 Å². The highest BCUT2D eigenvalue weighted by molar-refractivity contribution is 5.96. The number of nitrogens with one attached hydrogen (secondary N) is 2. The van der Waals surface area contributed by atoms with Crippen LogP contribution in [0.2, 0.25) is 0 Å². The second kappa shape index (κ2) is 5.65. The Morgan fingerprint density at radius 2 is 1.80 bits per heavy atom. The molecule has 0 fully saturated rings. The van der Waals surface area contributed by atoms with E-state index in [1.807, 2.05) is 19.9 Å². The van der Waals surface area contributed by atoms with E-state index in [9.17, 15) is 4.79 Å². The summed E-state index contributed by atoms with van der Waals surface area (Å²) in [6.07, 6.45) is 0. The average molecular weight is 269 g/mol. The first-order valence-corrected chi connectivity index (χ1v) is 6.47. The summed E-state index contributed by atoms with van der Waals surface area (Å²) >= 11 is 0. The molecule has 2 aromatic carbocycles. The van der Waals surface area contributed by atoms with Gasteiger partial charge in [0.05, 0.1) is 11.4 Å². The molecule has 0 saturated carbocycles. The van der Waals surface area contributed by atoms with E-state index in [0.717, 1.165) is 16.9 Å². The fourth-order valence-corrected chi connectivity index (χ4v) is 1.98. The molecule has 2 aromatic rings. The molecule has 0 radical (unpaired) electrons. The zero-order valence-electron chi connectivity index (χ0n) is 11.9. The van der Waals surface area contributed by atoms with Crippen molar-refractivity contribution >= 4 is 23.0 Å². The van der Waals surface area contributed by atoms with Crippen molar-refractivity contribution in [3.63, 3.8) is 0 Å². The molecule has 4 heteroatoms. The summed E-state index contributed by atoms with van der Waals surface area (Å²) in [7, 11) is 1.60. The van der Waals surface area contributed by atoms with Crippen LogP contribution in [0, 0.1) is 13.8 Å². The lowest BCUT2D eigenvalue weighted by molar-refractivity contribution is 0.0963. The highest BCUT2D eigenvalue weighted by atomic mass is 16.1. The molecule has 20 heavy (non-hydrogen) atoms. The van der Waals surface area contributed by atoms with Crippen LogP contribution in [0.5, 0.6) is 0 Å². The number of rotatable bonds is 3. The Labute approximate surface area is 119 Å². The van der Waals surface area contributed by atoms with Crippen molar-refractivity contribution in [3.8, 4) is 0 Å². The van der Waals surface area contributed by atoms with Crippen molar-refractivity contribution in [2.75, 3.05) is 18.1 Å². The minimum atomic E-state index is -0.144. The fraction of sp³-hybridized carbons (Fsp3) is 0.188. The molecule has 0 heterocycles. The molecule has 0 bridgehead atoms. The largest absolute Gasteiger partial charge is 0.397 e. The molecule has 0 aromatic heterocycles. The maximum Gasteiger partial charge on any atom is 0.251 e. The summed E-state index contributed by atoms with van der Waals surface area (Å²) in [4.78, 5) is 11.5. The summed E-state index contributed by atoms with van der Waals surface area (Å²) in [6.45, 7) is 4.08. The molecular formula is C16H19N3O. The lowest BCUT2D eigenvalue weighted by Gasteiger charge is -2.13. The second-order valence-corrected chi connectivity index (χ2v) is 4.82. The first-order chi connectivity index (χ1) is 9.51. The molecule has 4 nitrogen and oxygen atoms in total. The number of nitrogens with two attached hydrogens (primary N) is 1. The van der Waals surface area contributed by atoms with Gasteiger partial charge in [0, 0.05) is 18.3 Å². The Balaban J connectivity index is 2.30. The normalized spacial score (nSPS) is 10.2. The zero-order valence-corrected chi connectivity index (χ0v) is 11.9. The van der Waals surface area contributed by atoms with Gasteiger partial charge in [-0.2, -0.15) is 0 Å². The van der Waals surface area contributed by atoms with Crippen LogP contribution in [-0.4, -0.2) is 13.0 Å². The van der Waals surface area contributed by atoms with E-state index in [-0.39, 0.29) is 5.91 Å². The molecule has 0 aliphatic carbocycles. The van der Waals surface area contributed by atoms with Crippen molar-refractivity contribution in [2.24, 2.45) is 0 Å². The van der Waals surface area contributed by atoms with Crippen molar-refractivity contribution in [1.82, 2.24) is 5.32 Å². The molecule has 0 unspecified atom stereocenters. The highest BCUT2D eigenvalue weighted by Crippen LogP contribution is 2.26. The van der Waals surface area contributed by atoms with Gasteiger partial charge in [-0.15, -0.1) is 0 Å². The van der Waals surface area contributed by atoms with Crippen LogP contribution < -0.4 is 16.4 Å². The van der Waals surface area contributed by atoms with Crippen LogP contribution in [0.1, 0.15) is 21.5 Å². The number of amides is 1. The van der Waals surface area contributed by atoms with Crippen LogP contribution in [-0.2, 0) is 0 Å². The smallest absolute Gasteiger partial charge is 0.251 e. The summed E-state index contributed by atoms with van der Waals surface area (Å²) in [5, 5.41) is 5.89. The van der Waals surface area contributed by atoms with E-state index in [0.29, 0.717) is 11.3 Å². The van der Waals surface area contributed by atoms with Gasteiger partial charge in [0.15, 0.2) is 0 Å². The minimum Gasteiger partial charge on any atom is -0.397 e. The quantitative estimate of drug-likeness (QED) is 0.750. The monoisotopic (exact) mass is 269 g/mol. The van der Waals surface area contributed by atoms with E-state index in [4.69, 9.17) is 5.73 Å². The van der Waals surface area contributed by atoms with Gasteiger partial charge in [0.25, 0.3) is 5.91 Å². The van der Waals surface area contributed by atoms with E-state index in [1.165, 1.54) is 5.56 Å². The summed E-state index contributed by atoms with van der Waals surface area (Å²) < 4.78 is 0. The number of benzene rings is 2. The maximum atomic E-state index is 11.5. The van der Waals surface area contributed by atoms with Crippen LogP contribution in [0.25, 0.3) is 0 Å². The van der Waals surface area contributed by atoms with E-state index in [1.54, 1.807) is 19.2 Å². The molecule has 0 atom stereocenters. The van der Waals surface area contributed by atoms with Gasteiger partial charge in [-0.3, -0.25) is 4.79 Å². The van der Waals surface area contributed by atoms with Crippen molar-refractivity contribution in [2.45, 2.75) is 13.8 Å². The standard InChI is InChI=1S/C16H19N3O/c1-10-4-5-11(2)15(8-10)19-14-7-6-12(9-13(14)17)16(20)18-3/h4-9,19H,17H2,1-3H3,(H,18,20). The molecular weight excluding hydrogens is 250 g/mol. The number of hydrogen-bond donors (Lipinski definition) is 3. The first kappa shape index (κ1) is 13.9. The minimum absolute atomic E-state index is 0.144. The number of carbonyl (C=O) groups is 1. The Morgan fingerprint density at radius 1 is 1.05 bits per heavy atom. The molecule has 1 amide bonds. The lowest BCUT2D eigenvalue weighted by Crippen LogP contribution is -2.18. The van der Waals surface area contributed by atoms with Crippen LogP contribution in [0.3, 0.4) is 0 Å². The van der Waals surface area contributed by atoms with Gasteiger partial charge in [-0.05, 0) is 49.2 Å². The summed E-state index contributed by atoms with van der Waals surface area (Å²) in [5.74, 6) is -0.144. The molecule has 0 spiro atoms. The average Bonchev–Trinajstić information content (AvgIpc) is 2.44. The Hall–Kier alpha value is -2.49. The third-order valence-corrected chi connectivity index (χ3v) is 3.20. The third-order valence-electron chi connectivity index (χ3n) is 3.20. The number of carbonyl (C=O) groups excluding carboxylic acids is 1. The molecule has 0 saturated heterocycles. The number of hydrogen-bond acceptors (Lipinski definition) is 3. The SMILES string of the molecule is CNC(=O)c1ccc(Nc2cc(C)ccc2C)c(N)c1. The van der Waals surface area contributed by atoms with Crippen LogP contribution >= 0.6 is 0 Å². The Bertz CT molecular complexity index is 650. The molecule has 104 valence electrons. The van der Waals surface area contributed by atoms with E-state index >= 15 is 0 Å². The van der Waals surface area contributed by atoms with Crippen molar-refractivity contribution < 1.29 is 4.79 Å². The van der Waals surface area contributed by atoms with Crippen LogP contribution in [0.4, 0.5) is 17.1 Å². The van der Waals surface area contributed by atoms with Crippen molar-refractivity contribution in [3.05, 3.63) is 53.1 Å². The predicted molar refractivity (Wildman–Crippen MR) is 83.4 cm³/mol. The predicted octanol–water partition coefficient (Wildman–Crippen LogP) is 2.99. The molecule has 0 aliphatic heterocycles. The number of nitrogen functional groups attached to an aromatic ring is 1. The van der Waals surface area contributed by atoms with Crippen molar-refractivity contribution in [1.29, 1.82) is 0 Å². The maximum absolute atomic E-state index is 11.5. The third kappa shape index (κ3) is 2.91. The van der Waals surface area contributed by atoms with E-state index < -0.39 is 0 Å². The highest BCUT2D eigenvalue weighted by Gasteiger charge is 2.07. The molecule has 2 rings (SSSR count). The Kier molecular flexibility index (Phi) is 3.94. The summed E-state index contributed by atoms with van der Waals surface area (Å²) in [6, 6.07) is 11.4. The van der Waals surface area contributed by atoms with Gasteiger partial charge in [-0.25, -0.2) is 0 Å². The lowest BCUT2D eigenvalue weighted by atomic mass is 10.1. The number of anilines is 3. The van der Waals surface area contributed by atoms with Gasteiger partial charge in [0.2, 0.25) is 0 Å². The zero-order chi connectivity index (χ0) is 14.7. The van der Waals surface area contributed by atoms with E-state index in [2.05, 4.69) is 28.8 Å². The first-order valence-electron chi connectivity index (χ1n) is 6.47. The molecule has 4 N–H and O–H groups in total. The Morgan fingerprint density at radius 3 is 2.45 bits per heavy atom. The fourth-order valence-electron chi connectivity index (χ4n) is 1.98. The summed E-state index contributed by atoms with van der Waals surface area (Å²) in [5.41, 5.74) is 11.2. The second-order valence-electron chi connectivity index (χ2n) is 4.82. The van der Waals surface area contributed by atoms with Crippen LogP contribution in [0.15, 0.2) is 36.4 Å². The van der Waals surface area contributed by atoms with Gasteiger partial charge >= 0.3 is 0 Å². The van der Waals surface area contributed by atoms with Gasteiger partial charge in [0.1, 0.15) is 0 Å². The van der Waals surface area contributed by atoms with Gasteiger partial charge < -0.3 is 16.4 Å².